The van der Waals surface area contributed by atoms with Crippen LogP contribution in [0.5, 0.6) is 23.0 Å². The first kappa shape index (κ1) is 16.1. The van der Waals surface area contributed by atoms with Gasteiger partial charge in [-0.3, -0.25) is 0 Å². The highest BCUT2D eigenvalue weighted by Crippen LogP contribution is 2.55. The Morgan fingerprint density at radius 2 is 1.38 bits per heavy atom. The van der Waals surface area contributed by atoms with Crippen molar-refractivity contribution in [2.45, 2.75) is 39.9 Å². The van der Waals surface area contributed by atoms with Crippen LogP contribution in [0.15, 0.2) is 10.8 Å². The fraction of sp³-hybridized carbons (Fsp3) is 0.556. The van der Waals surface area contributed by atoms with Crippen LogP contribution in [0.25, 0.3) is 9.75 Å². The van der Waals surface area contributed by atoms with E-state index in [-0.39, 0.29) is 12.2 Å². The molecule has 0 amide bonds. The van der Waals surface area contributed by atoms with Crippen LogP contribution < -0.4 is 18.9 Å². The van der Waals surface area contributed by atoms with Gasteiger partial charge in [-0.05, 0) is 11.8 Å². The third-order valence-corrected chi connectivity index (χ3v) is 6.51. The normalized spacial score (nSPS) is 22.2. The summed E-state index contributed by atoms with van der Waals surface area (Å²) in [6, 6.07) is 0. The molecule has 2 aromatic heterocycles. The molecule has 2 aliphatic rings. The molecule has 0 saturated heterocycles. The lowest BCUT2D eigenvalue weighted by Crippen LogP contribution is -2.33. The minimum atomic E-state index is 0.0872. The monoisotopic (exact) mass is 366 g/mol. The van der Waals surface area contributed by atoms with Gasteiger partial charge in [0.15, 0.2) is 23.0 Å². The van der Waals surface area contributed by atoms with Gasteiger partial charge >= 0.3 is 0 Å². The van der Waals surface area contributed by atoms with Gasteiger partial charge in [0.1, 0.15) is 25.4 Å². The van der Waals surface area contributed by atoms with E-state index in [1.165, 1.54) is 0 Å². The molecule has 0 aromatic carbocycles. The Kier molecular flexibility index (Phi) is 4.12. The molecule has 4 rings (SSSR count). The van der Waals surface area contributed by atoms with Gasteiger partial charge in [-0.2, -0.15) is 0 Å². The molecular weight excluding hydrogens is 344 g/mol. The van der Waals surface area contributed by atoms with Crippen molar-refractivity contribution in [2.75, 3.05) is 13.2 Å². The van der Waals surface area contributed by atoms with Crippen LogP contribution in [0.3, 0.4) is 0 Å². The molecule has 24 heavy (non-hydrogen) atoms. The largest absolute Gasteiger partial charge is 0.485 e. The van der Waals surface area contributed by atoms with Crippen molar-refractivity contribution in [1.29, 1.82) is 0 Å². The SMILES string of the molecule is CC(C)C1COc2c(csc2-c2scc3c2OC(C(C)C)CO3)O1. The van der Waals surface area contributed by atoms with E-state index in [2.05, 4.69) is 27.7 Å². The number of thiophene rings is 2. The van der Waals surface area contributed by atoms with E-state index in [1.807, 2.05) is 10.8 Å². The number of rotatable bonds is 3. The molecule has 4 heterocycles. The van der Waals surface area contributed by atoms with Crippen LogP contribution >= 0.6 is 22.7 Å². The van der Waals surface area contributed by atoms with E-state index in [0.29, 0.717) is 25.0 Å². The molecule has 2 aromatic rings. The van der Waals surface area contributed by atoms with Crippen molar-refractivity contribution in [3.8, 4) is 32.8 Å². The summed E-state index contributed by atoms with van der Waals surface area (Å²) >= 11 is 3.29. The fourth-order valence-electron chi connectivity index (χ4n) is 2.78. The summed E-state index contributed by atoms with van der Waals surface area (Å²) in [5, 5.41) is 4.06. The third kappa shape index (κ3) is 2.65. The molecule has 0 radical (unpaired) electrons. The Hall–Kier alpha value is -1.40. The quantitative estimate of drug-likeness (QED) is 0.760. The first-order chi connectivity index (χ1) is 11.5. The van der Waals surface area contributed by atoms with Crippen LogP contribution in [0.4, 0.5) is 0 Å². The van der Waals surface area contributed by atoms with Crippen molar-refractivity contribution < 1.29 is 18.9 Å². The molecule has 0 aliphatic carbocycles. The minimum Gasteiger partial charge on any atom is -0.485 e. The van der Waals surface area contributed by atoms with Crippen molar-refractivity contribution in [3.05, 3.63) is 10.8 Å². The van der Waals surface area contributed by atoms with Gasteiger partial charge in [-0.1, -0.05) is 27.7 Å². The molecular formula is C18H22O4S2. The third-order valence-electron chi connectivity index (χ3n) is 4.46. The van der Waals surface area contributed by atoms with Crippen LogP contribution in [0.1, 0.15) is 27.7 Å². The summed E-state index contributed by atoms with van der Waals surface area (Å²) < 4.78 is 24.3. The second kappa shape index (κ2) is 6.15. The van der Waals surface area contributed by atoms with Gasteiger partial charge in [0, 0.05) is 10.8 Å². The van der Waals surface area contributed by atoms with E-state index >= 15 is 0 Å². The smallest absolute Gasteiger partial charge is 0.181 e. The summed E-state index contributed by atoms with van der Waals surface area (Å²) in [4.78, 5) is 2.15. The van der Waals surface area contributed by atoms with Gasteiger partial charge in [-0.15, -0.1) is 22.7 Å². The van der Waals surface area contributed by atoms with Gasteiger partial charge in [0.25, 0.3) is 0 Å². The molecule has 0 N–H and O–H groups in total. The zero-order chi connectivity index (χ0) is 16.8. The lowest BCUT2D eigenvalue weighted by molar-refractivity contribution is 0.0592. The van der Waals surface area contributed by atoms with E-state index in [9.17, 15) is 0 Å². The highest BCUT2D eigenvalue weighted by molar-refractivity contribution is 7.21. The number of hydrogen-bond acceptors (Lipinski definition) is 6. The highest BCUT2D eigenvalue weighted by atomic mass is 32.1. The van der Waals surface area contributed by atoms with Gasteiger partial charge in [0.05, 0.1) is 9.75 Å². The molecule has 2 aliphatic heterocycles. The molecule has 6 heteroatoms. The maximum absolute atomic E-state index is 6.23. The number of ether oxygens (including phenoxy) is 4. The van der Waals surface area contributed by atoms with Crippen LogP contribution in [-0.4, -0.2) is 25.4 Å². The number of hydrogen-bond donors (Lipinski definition) is 0. The Labute approximate surface area is 150 Å². The molecule has 0 bridgehead atoms. The van der Waals surface area contributed by atoms with Crippen LogP contribution in [-0.2, 0) is 0 Å². The first-order valence-electron chi connectivity index (χ1n) is 8.36. The summed E-state index contributed by atoms with van der Waals surface area (Å²) in [7, 11) is 0. The number of fused-ring (bicyclic) bond motifs is 2. The highest BCUT2D eigenvalue weighted by Gasteiger charge is 2.33. The summed E-state index contributed by atoms with van der Waals surface area (Å²) in [6.45, 7) is 9.81. The molecule has 2 unspecified atom stereocenters. The second-order valence-corrected chi connectivity index (χ2v) is 8.70. The van der Waals surface area contributed by atoms with Crippen molar-refractivity contribution >= 4 is 22.7 Å². The predicted molar refractivity (Wildman–Crippen MR) is 97.1 cm³/mol. The molecule has 0 fully saturated rings. The first-order valence-corrected chi connectivity index (χ1v) is 10.1. The lowest BCUT2D eigenvalue weighted by Gasteiger charge is -2.29. The second-order valence-electron chi connectivity index (χ2n) is 6.94. The fourth-order valence-corrected chi connectivity index (χ4v) is 4.78. The van der Waals surface area contributed by atoms with Crippen molar-refractivity contribution in [2.24, 2.45) is 11.8 Å². The summed E-state index contributed by atoms with van der Waals surface area (Å²) in [6.07, 6.45) is 0.200. The Bertz CT molecular complexity index is 731. The Balaban J connectivity index is 1.66. The van der Waals surface area contributed by atoms with E-state index in [0.717, 1.165) is 32.8 Å². The Morgan fingerprint density at radius 3 is 2.08 bits per heavy atom. The lowest BCUT2D eigenvalue weighted by atomic mass is 10.1. The van der Waals surface area contributed by atoms with E-state index in [1.54, 1.807) is 22.7 Å². The van der Waals surface area contributed by atoms with Gasteiger partial charge in [0.2, 0.25) is 0 Å². The summed E-state index contributed by atoms with van der Waals surface area (Å²) in [5.41, 5.74) is 0. The average molecular weight is 367 g/mol. The molecule has 0 spiro atoms. The van der Waals surface area contributed by atoms with E-state index < -0.39 is 0 Å². The average Bonchev–Trinajstić information content (AvgIpc) is 3.16. The minimum absolute atomic E-state index is 0.0872. The molecule has 0 saturated carbocycles. The van der Waals surface area contributed by atoms with E-state index in [4.69, 9.17) is 18.9 Å². The molecule has 130 valence electrons. The zero-order valence-electron chi connectivity index (χ0n) is 14.3. The van der Waals surface area contributed by atoms with Crippen LogP contribution in [0.2, 0.25) is 0 Å². The van der Waals surface area contributed by atoms with Crippen molar-refractivity contribution in [3.63, 3.8) is 0 Å². The topological polar surface area (TPSA) is 36.9 Å². The predicted octanol–water partition coefficient (Wildman–Crippen LogP) is 5.07. The Morgan fingerprint density at radius 1 is 0.792 bits per heavy atom. The van der Waals surface area contributed by atoms with Crippen molar-refractivity contribution in [1.82, 2.24) is 0 Å². The van der Waals surface area contributed by atoms with Gasteiger partial charge in [-0.25, -0.2) is 0 Å². The summed E-state index contributed by atoms with van der Waals surface area (Å²) in [5.74, 6) is 4.22. The maximum Gasteiger partial charge on any atom is 0.181 e. The molecule has 4 nitrogen and oxygen atoms in total. The zero-order valence-corrected chi connectivity index (χ0v) is 16.0. The standard InChI is InChI=1S/C18H22O4S2/c1-9(2)11-6-20-15-14(21-11)8-24-17(15)18-16-13(7-23-18)19-5-12(22-16)10(3)4/h7-12H,5-6H2,1-4H3. The maximum atomic E-state index is 6.23. The molecule has 2 atom stereocenters. The van der Waals surface area contributed by atoms with Crippen LogP contribution in [0, 0.1) is 11.8 Å². The van der Waals surface area contributed by atoms with Gasteiger partial charge < -0.3 is 18.9 Å².